The maximum absolute atomic E-state index is 11.6. The highest BCUT2D eigenvalue weighted by atomic mass is 35.7. The molecule has 3 aromatic rings. The van der Waals surface area contributed by atoms with Crippen molar-refractivity contribution in [1.82, 2.24) is 25.0 Å². The van der Waals surface area contributed by atoms with Crippen LogP contribution in [0.5, 0.6) is 0 Å². The third-order valence-electron chi connectivity index (χ3n) is 3.48. The van der Waals surface area contributed by atoms with Crippen LogP contribution in [0.4, 0.5) is 0 Å². The molecule has 0 spiro atoms. The molecule has 2 heterocycles. The van der Waals surface area contributed by atoms with Crippen molar-refractivity contribution < 1.29 is 8.42 Å². The fraction of sp³-hybridized carbons (Fsp3) is 0.250. The van der Waals surface area contributed by atoms with Crippen LogP contribution in [0, 0.1) is 0 Å². The molecule has 21 heavy (non-hydrogen) atoms. The van der Waals surface area contributed by atoms with Gasteiger partial charge in [0.05, 0.1) is 5.52 Å². The van der Waals surface area contributed by atoms with Gasteiger partial charge in [-0.05, 0) is 18.9 Å². The molecule has 0 bridgehead atoms. The van der Waals surface area contributed by atoms with Crippen molar-refractivity contribution in [2.24, 2.45) is 0 Å². The van der Waals surface area contributed by atoms with Crippen molar-refractivity contribution >= 4 is 30.6 Å². The molecule has 1 aliphatic rings. The van der Waals surface area contributed by atoms with Gasteiger partial charge in [-0.1, -0.05) is 18.2 Å². The Labute approximate surface area is 124 Å². The number of H-pyrrole nitrogens is 1. The minimum absolute atomic E-state index is 0.0639. The Balaban J connectivity index is 1.99. The Bertz CT molecular complexity index is 942. The van der Waals surface area contributed by atoms with Crippen molar-refractivity contribution in [3.05, 3.63) is 24.3 Å². The van der Waals surface area contributed by atoms with Gasteiger partial charge in [-0.15, -0.1) is 10.2 Å². The normalized spacial score (nSPS) is 15.7. The van der Waals surface area contributed by atoms with Gasteiger partial charge in [0.2, 0.25) is 0 Å². The Morgan fingerprint density at radius 3 is 2.71 bits per heavy atom. The highest BCUT2D eigenvalue weighted by Crippen LogP contribution is 2.41. The predicted molar refractivity (Wildman–Crippen MR) is 76.4 cm³/mol. The zero-order valence-corrected chi connectivity index (χ0v) is 12.3. The Morgan fingerprint density at radius 2 is 2.00 bits per heavy atom. The lowest BCUT2D eigenvalue weighted by Crippen LogP contribution is -2.06. The largest absolute Gasteiger partial charge is 0.296 e. The second-order valence-electron chi connectivity index (χ2n) is 4.96. The first-order valence-electron chi connectivity index (χ1n) is 6.39. The number of hydrogen-bond acceptors (Lipinski definition) is 5. The predicted octanol–water partition coefficient (Wildman–Crippen LogP) is 2.08. The summed E-state index contributed by atoms with van der Waals surface area (Å²) in [6.07, 6.45) is 1.76. The number of benzene rings is 1. The Morgan fingerprint density at radius 1 is 1.24 bits per heavy atom. The molecule has 1 saturated carbocycles. The van der Waals surface area contributed by atoms with E-state index >= 15 is 0 Å². The fourth-order valence-electron chi connectivity index (χ4n) is 2.40. The van der Waals surface area contributed by atoms with Crippen LogP contribution in [0.25, 0.3) is 22.4 Å². The van der Waals surface area contributed by atoms with Gasteiger partial charge in [0, 0.05) is 22.1 Å². The van der Waals surface area contributed by atoms with E-state index in [0.717, 1.165) is 23.7 Å². The molecule has 108 valence electrons. The molecular formula is C12H10ClN5O2S. The van der Waals surface area contributed by atoms with E-state index in [9.17, 15) is 8.42 Å². The lowest BCUT2D eigenvalue weighted by molar-refractivity contribution is 0.579. The van der Waals surface area contributed by atoms with Gasteiger partial charge >= 0.3 is 0 Å². The summed E-state index contributed by atoms with van der Waals surface area (Å²) in [6, 6.07) is 7.63. The number of rotatable bonds is 3. The third kappa shape index (κ3) is 2.02. The van der Waals surface area contributed by atoms with Crippen molar-refractivity contribution in [1.29, 1.82) is 0 Å². The molecule has 2 aromatic heterocycles. The van der Waals surface area contributed by atoms with Crippen LogP contribution < -0.4 is 0 Å². The van der Waals surface area contributed by atoms with Crippen LogP contribution in [0.15, 0.2) is 29.4 Å². The molecule has 1 aromatic carbocycles. The zero-order chi connectivity index (χ0) is 14.6. The molecule has 0 saturated heterocycles. The van der Waals surface area contributed by atoms with E-state index < -0.39 is 9.05 Å². The number of aromatic amines is 1. The molecule has 7 nitrogen and oxygen atoms in total. The number of halogens is 1. The average molecular weight is 324 g/mol. The first-order valence-corrected chi connectivity index (χ1v) is 8.69. The van der Waals surface area contributed by atoms with Crippen LogP contribution in [0.3, 0.4) is 0 Å². The van der Waals surface area contributed by atoms with Crippen molar-refractivity contribution in [2.45, 2.75) is 24.0 Å². The van der Waals surface area contributed by atoms with Crippen LogP contribution in [0.2, 0.25) is 0 Å². The maximum Gasteiger partial charge on any atom is 0.296 e. The Kier molecular flexibility index (Phi) is 2.61. The number of aromatic nitrogens is 5. The second-order valence-corrected chi connectivity index (χ2v) is 7.42. The van der Waals surface area contributed by atoms with Crippen LogP contribution in [-0.2, 0) is 9.05 Å². The van der Waals surface area contributed by atoms with E-state index in [1.807, 2.05) is 24.3 Å². The van der Waals surface area contributed by atoms with Gasteiger partial charge < -0.3 is 0 Å². The molecule has 4 rings (SSSR count). The van der Waals surface area contributed by atoms with Gasteiger partial charge in [0.1, 0.15) is 5.69 Å². The van der Waals surface area contributed by atoms with E-state index in [-0.39, 0.29) is 11.2 Å². The number of hydrogen-bond donors (Lipinski definition) is 1. The van der Waals surface area contributed by atoms with Crippen molar-refractivity contribution in [2.75, 3.05) is 0 Å². The Hall–Kier alpha value is -1.93. The summed E-state index contributed by atoms with van der Waals surface area (Å²) in [5, 5.41) is 15.6. The smallest absolute Gasteiger partial charge is 0.292 e. The molecular weight excluding hydrogens is 314 g/mol. The molecule has 0 aliphatic heterocycles. The average Bonchev–Trinajstić information content (AvgIpc) is 3.03. The summed E-state index contributed by atoms with van der Waals surface area (Å²) >= 11 is 0. The summed E-state index contributed by atoms with van der Waals surface area (Å²) in [4.78, 5) is 0. The molecule has 1 N–H and O–H groups in total. The van der Waals surface area contributed by atoms with E-state index in [1.165, 1.54) is 0 Å². The number of fused-ring (bicyclic) bond motifs is 1. The van der Waals surface area contributed by atoms with E-state index in [2.05, 4.69) is 20.4 Å². The van der Waals surface area contributed by atoms with Gasteiger partial charge in [-0.3, -0.25) is 9.67 Å². The third-order valence-corrected chi connectivity index (χ3v) is 4.61. The minimum atomic E-state index is -3.94. The fourth-order valence-corrected chi connectivity index (χ4v) is 3.33. The first-order chi connectivity index (χ1) is 10.1. The monoisotopic (exact) mass is 323 g/mol. The molecule has 1 fully saturated rings. The lowest BCUT2D eigenvalue weighted by atomic mass is 10.2. The second kappa shape index (κ2) is 4.28. The zero-order valence-electron chi connectivity index (χ0n) is 10.7. The van der Waals surface area contributed by atoms with E-state index in [0.29, 0.717) is 11.5 Å². The molecule has 0 amide bonds. The molecule has 1 aliphatic carbocycles. The van der Waals surface area contributed by atoms with E-state index in [4.69, 9.17) is 10.7 Å². The molecule has 0 radical (unpaired) electrons. The maximum atomic E-state index is 11.6. The molecule has 0 atom stereocenters. The van der Waals surface area contributed by atoms with Gasteiger partial charge in [-0.2, -0.15) is 5.10 Å². The highest BCUT2D eigenvalue weighted by Gasteiger charge is 2.35. The number of nitrogens with zero attached hydrogens (tertiary/aromatic N) is 4. The summed E-state index contributed by atoms with van der Waals surface area (Å²) < 4.78 is 24.9. The number of nitrogens with one attached hydrogen (secondary N) is 1. The van der Waals surface area contributed by atoms with Crippen molar-refractivity contribution in [3.8, 4) is 11.5 Å². The van der Waals surface area contributed by atoms with E-state index in [1.54, 1.807) is 4.57 Å². The SMILES string of the molecule is O=S(=O)(Cl)c1nnc(-c2n[nH]c3ccccc23)n1C1CC1. The summed E-state index contributed by atoms with van der Waals surface area (Å²) in [6.45, 7) is 0. The highest BCUT2D eigenvalue weighted by molar-refractivity contribution is 8.13. The molecule has 0 unspecified atom stereocenters. The van der Waals surface area contributed by atoms with Crippen LogP contribution >= 0.6 is 10.7 Å². The quantitative estimate of drug-likeness (QED) is 0.745. The summed E-state index contributed by atoms with van der Waals surface area (Å²) in [7, 11) is 1.51. The van der Waals surface area contributed by atoms with Gasteiger partial charge in [-0.25, -0.2) is 8.42 Å². The summed E-state index contributed by atoms with van der Waals surface area (Å²) in [5.41, 5.74) is 1.43. The first kappa shape index (κ1) is 12.8. The summed E-state index contributed by atoms with van der Waals surface area (Å²) in [5.74, 6) is 0.425. The van der Waals surface area contributed by atoms with Crippen LogP contribution in [-0.4, -0.2) is 33.4 Å². The van der Waals surface area contributed by atoms with Gasteiger partial charge in [0.15, 0.2) is 5.82 Å². The van der Waals surface area contributed by atoms with Crippen molar-refractivity contribution in [3.63, 3.8) is 0 Å². The van der Waals surface area contributed by atoms with Gasteiger partial charge in [0.25, 0.3) is 14.2 Å². The molecule has 9 heteroatoms. The van der Waals surface area contributed by atoms with Crippen LogP contribution in [0.1, 0.15) is 18.9 Å². The lowest BCUT2D eigenvalue weighted by Gasteiger charge is -2.05. The standard InChI is InChI=1S/C12H10ClN5O2S/c13-21(19,20)12-17-16-11(18(12)7-5-6-7)10-8-3-1-2-4-9(8)14-15-10/h1-4,7H,5-6H2,(H,14,15). The topological polar surface area (TPSA) is 93.5 Å². The number of para-hydroxylation sites is 1. The minimum Gasteiger partial charge on any atom is -0.292 e.